The average molecular weight is 202 g/mol. The summed E-state index contributed by atoms with van der Waals surface area (Å²) in [7, 11) is 0. The summed E-state index contributed by atoms with van der Waals surface area (Å²) in [5.41, 5.74) is 7.65. The van der Waals surface area contributed by atoms with Gasteiger partial charge in [0.2, 0.25) is 0 Å². The molecule has 0 aliphatic carbocycles. The van der Waals surface area contributed by atoms with E-state index in [0.29, 0.717) is 0 Å². The van der Waals surface area contributed by atoms with Crippen LogP contribution in [0.3, 0.4) is 0 Å². The van der Waals surface area contributed by atoms with Gasteiger partial charge in [0.1, 0.15) is 5.00 Å². The number of benzene rings is 1. The number of nitrogens with two attached hydrogens (primary N) is 1. The summed E-state index contributed by atoms with van der Waals surface area (Å²) in [6, 6.07) is 12.0. The van der Waals surface area contributed by atoms with Crippen LogP contribution in [0.1, 0.15) is 11.3 Å². The third-order valence-corrected chi connectivity index (χ3v) is 2.42. The van der Waals surface area contributed by atoms with E-state index >= 15 is 0 Å². The summed E-state index contributed by atoms with van der Waals surface area (Å²) < 4.78 is 4.16. The lowest BCUT2D eigenvalue weighted by Crippen LogP contribution is -1.74. The van der Waals surface area contributed by atoms with Crippen molar-refractivity contribution in [3.63, 3.8) is 0 Å². The second-order valence-corrected chi connectivity index (χ2v) is 3.73. The fourth-order valence-electron chi connectivity index (χ4n) is 1.13. The predicted octanol–water partition coefficient (Wildman–Crippen LogP) is 2.90. The number of nitrogen functional groups attached to an aromatic ring is 1. The first-order chi connectivity index (χ1) is 6.84. The molecule has 3 heteroatoms. The maximum Gasteiger partial charge on any atom is 0.107 e. The Balaban J connectivity index is 2.15. The van der Waals surface area contributed by atoms with Crippen molar-refractivity contribution in [3.05, 3.63) is 47.7 Å². The standard InChI is InChI=1S/C11H10N2S/c12-11-8-10(13-14-11)7-6-9-4-2-1-3-5-9/h1-8H,12H2/b7-6+. The molecule has 1 aromatic carbocycles. The number of anilines is 1. The van der Waals surface area contributed by atoms with Crippen molar-refractivity contribution in [2.24, 2.45) is 0 Å². The van der Waals surface area contributed by atoms with Crippen molar-refractivity contribution in [1.82, 2.24) is 4.37 Å². The minimum Gasteiger partial charge on any atom is -0.389 e. The first-order valence-corrected chi connectivity index (χ1v) is 5.07. The third-order valence-electron chi connectivity index (χ3n) is 1.79. The summed E-state index contributed by atoms with van der Waals surface area (Å²) >= 11 is 1.32. The first-order valence-electron chi connectivity index (χ1n) is 4.30. The van der Waals surface area contributed by atoms with Gasteiger partial charge < -0.3 is 5.73 Å². The topological polar surface area (TPSA) is 38.9 Å². The smallest absolute Gasteiger partial charge is 0.107 e. The molecule has 70 valence electrons. The molecular weight excluding hydrogens is 192 g/mol. The SMILES string of the molecule is Nc1cc(/C=C/c2ccccc2)ns1. The second kappa shape index (κ2) is 4.07. The van der Waals surface area contributed by atoms with Crippen molar-refractivity contribution in [2.75, 3.05) is 5.73 Å². The number of rotatable bonds is 2. The molecule has 1 aromatic heterocycles. The molecule has 1 heterocycles. The lowest BCUT2D eigenvalue weighted by molar-refractivity contribution is 1.52. The van der Waals surface area contributed by atoms with E-state index in [1.54, 1.807) is 0 Å². The van der Waals surface area contributed by atoms with Crippen molar-refractivity contribution in [1.29, 1.82) is 0 Å². The summed E-state index contributed by atoms with van der Waals surface area (Å²) in [4.78, 5) is 0. The van der Waals surface area contributed by atoms with Gasteiger partial charge in [0.05, 0.1) is 5.69 Å². The summed E-state index contributed by atoms with van der Waals surface area (Å²) in [5, 5.41) is 0.748. The van der Waals surface area contributed by atoms with Gasteiger partial charge >= 0.3 is 0 Å². The Hall–Kier alpha value is -1.61. The van der Waals surface area contributed by atoms with Crippen molar-refractivity contribution < 1.29 is 0 Å². The van der Waals surface area contributed by atoms with Gasteiger partial charge in [0.25, 0.3) is 0 Å². The molecule has 2 rings (SSSR count). The highest BCUT2D eigenvalue weighted by Gasteiger charge is 1.92. The molecule has 0 saturated heterocycles. The third kappa shape index (κ3) is 2.20. The van der Waals surface area contributed by atoms with Crippen LogP contribution in [-0.2, 0) is 0 Å². The molecule has 0 amide bonds. The van der Waals surface area contributed by atoms with E-state index in [1.165, 1.54) is 17.1 Å². The largest absolute Gasteiger partial charge is 0.389 e. The second-order valence-electron chi connectivity index (χ2n) is 2.90. The number of hydrogen-bond acceptors (Lipinski definition) is 3. The number of nitrogens with zero attached hydrogens (tertiary/aromatic N) is 1. The van der Waals surface area contributed by atoms with Gasteiger partial charge in [-0.3, -0.25) is 0 Å². The summed E-state index contributed by atoms with van der Waals surface area (Å²) in [6.07, 6.45) is 3.98. The molecule has 0 spiro atoms. The van der Waals surface area contributed by atoms with E-state index < -0.39 is 0 Å². The fourth-order valence-corrected chi connectivity index (χ4v) is 1.63. The lowest BCUT2D eigenvalue weighted by Gasteiger charge is -1.89. The minimum atomic E-state index is 0.748. The van der Waals surface area contributed by atoms with Crippen LogP contribution in [0.5, 0.6) is 0 Å². The van der Waals surface area contributed by atoms with Crippen LogP contribution in [-0.4, -0.2) is 4.37 Å². The zero-order valence-corrected chi connectivity index (χ0v) is 8.37. The van der Waals surface area contributed by atoms with Crippen molar-refractivity contribution in [2.45, 2.75) is 0 Å². The van der Waals surface area contributed by atoms with Gasteiger partial charge in [-0.25, -0.2) is 0 Å². The summed E-state index contributed by atoms with van der Waals surface area (Å²) in [5.74, 6) is 0. The molecule has 0 fully saturated rings. The fraction of sp³-hybridized carbons (Fsp3) is 0. The zero-order chi connectivity index (χ0) is 9.80. The van der Waals surface area contributed by atoms with Crippen LogP contribution < -0.4 is 5.73 Å². The van der Waals surface area contributed by atoms with Crippen LogP contribution >= 0.6 is 11.5 Å². The van der Waals surface area contributed by atoms with Gasteiger partial charge in [0, 0.05) is 0 Å². The molecule has 0 unspecified atom stereocenters. The highest BCUT2D eigenvalue weighted by atomic mass is 32.1. The predicted molar refractivity (Wildman–Crippen MR) is 61.9 cm³/mol. The molecule has 0 bridgehead atoms. The van der Waals surface area contributed by atoms with E-state index in [2.05, 4.69) is 4.37 Å². The van der Waals surface area contributed by atoms with Crippen LogP contribution in [0.4, 0.5) is 5.00 Å². The van der Waals surface area contributed by atoms with Gasteiger partial charge in [-0.15, -0.1) is 0 Å². The Kier molecular flexibility index (Phi) is 2.60. The normalized spacial score (nSPS) is 10.9. The highest BCUT2D eigenvalue weighted by Crippen LogP contribution is 2.14. The monoisotopic (exact) mass is 202 g/mol. The molecule has 0 aliphatic heterocycles. The molecule has 0 saturated carbocycles. The molecule has 2 aromatic rings. The van der Waals surface area contributed by atoms with Crippen LogP contribution in [0, 0.1) is 0 Å². The average Bonchev–Trinajstić information content (AvgIpc) is 2.63. The van der Waals surface area contributed by atoms with E-state index in [4.69, 9.17) is 5.73 Å². The van der Waals surface area contributed by atoms with Gasteiger partial charge in [0.15, 0.2) is 0 Å². The minimum absolute atomic E-state index is 0.748. The molecule has 2 N–H and O–H groups in total. The van der Waals surface area contributed by atoms with Crippen LogP contribution in [0.15, 0.2) is 36.4 Å². The molecule has 0 atom stereocenters. The molecule has 14 heavy (non-hydrogen) atoms. The van der Waals surface area contributed by atoms with E-state index in [9.17, 15) is 0 Å². The Labute approximate surface area is 86.9 Å². The summed E-state index contributed by atoms with van der Waals surface area (Å²) in [6.45, 7) is 0. The Morgan fingerprint density at radius 1 is 1.14 bits per heavy atom. The molecule has 0 aliphatic rings. The molecule has 2 nitrogen and oxygen atoms in total. The van der Waals surface area contributed by atoms with Gasteiger partial charge in [-0.2, -0.15) is 4.37 Å². The van der Waals surface area contributed by atoms with Crippen molar-refractivity contribution in [3.8, 4) is 0 Å². The van der Waals surface area contributed by atoms with E-state index in [1.807, 2.05) is 48.6 Å². The van der Waals surface area contributed by atoms with Crippen molar-refractivity contribution >= 4 is 28.7 Å². The molecular formula is C11H10N2S. The number of aromatic nitrogens is 1. The van der Waals surface area contributed by atoms with Gasteiger partial charge in [-0.05, 0) is 29.2 Å². The van der Waals surface area contributed by atoms with Crippen LogP contribution in [0.2, 0.25) is 0 Å². The number of hydrogen-bond donors (Lipinski definition) is 1. The van der Waals surface area contributed by atoms with E-state index in [-0.39, 0.29) is 0 Å². The van der Waals surface area contributed by atoms with Crippen LogP contribution in [0.25, 0.3) is 12.2 Å². The van der Waals surface area contributed by atoms with E-state index in [0.717, 1.165) is 10.7 Å². The Bertz CT molecular complexity index is 432. The Morgan fingerprint density at radius 2 is 1.93 bits per heavy atom. The highest BCUT2D eigenvalue weighted by molar-refractivity contribution is 7.10. The first kappa shape index (κ1) is 8.97. The lowest BCUT2D eigenvalue weighted by atomic mass is 10.2. The molecule has 0 radical (unpaired) electrons. The maximum absolute atomic E-state index is 5.57. The van der Waals surface area contributed by atoms with Gasteiger partial charge in [-0.1, -0.05) is 36.4 Å². The maximum atomic E-state index is 5.57. The quantitative estimate of drug-likeness (QED) is 0.813. The zero-order valence-electron chi connectivity index (χ0n) is 7.55. The Morgan fingerprint density at radius 3 is 2.57 bits per heavy atom.